The molecule has 0 aliphatic carbocycles. The zero-order chi connectivity index (χ0) is 14.0. The van der Waals surface area contributed by atoms with Gasteiger partial charge < -0.3 is 10.4 Å². The summed E-state index contributed by atoms with van der Waals surface area (Å²) in [5, 5.41) is 18.7. The summed E-state index contributed by atoms with van der Waals surface area (Å²) < 4.78 is 13.4. The lowest BCUT2D eigenvalue weighted by Crippen LogP contribution is -2.16. The van der Waals surface area contributed by atoms with Crippen molar-refractivity contribution in [2.75, 3.05) is 5.32 Å². The number of aromatic carboxylic acids is 1. The van der Waals surface area contributed by atoms with Crippen LogP contribution in [0.15, 0.2) is 24.4 Å². The van der Waals surface area contributed by atoms with Crippen LogP contribution in [-0.4, -0.2) is 32.0 Å². The summed E-state index contributed by atoms with van der Waals surface area (Å²) in [5.74, 6) is -3.06. The molecule has 0 saturated carbocycles. The van der Waals surface area contributed by atoms with E-state index in [9.17, 15) is 14.0 Å². The van der Waals surface area contributed by atoms with Gasteiger partial charge in [-0.1, -0.05) is 6.07 Å². The van der Waals surface area contributed by atoms with Crippen molar-refractivity contribution in [3.8, 4) is 0 Å². The number of halogens is 1. The number of carbonyl (C=O) groups excluding carboxylic acids is 1. The smallest absolute Gasteiger partial charge is 0.340 e. The van der Waals surface area contributed by atoms with Gasteiger partial charge in [0.2, 0.25) is 0 Å². The fourth-order valence-electron chi connectivity index (χ4n) is 1.48. The van der Waals surface area contributed by atoms with Crippen molar-refractivity contribution < 1.29 is 19.1 Å². The summed E-state index contributed by atoms with van der Waals surface area (Å²) >= 11 is 0. The van der Waals surface area contributed by atoms with Gasteiger partial charge in [0, 0.05) is 7.05 Å². The molecule has 7 nitrogen and oxygen atoms in total. The van der Waals surface area contributed by atoms with Crippen LogP contribution < -0.4 is 5.32 Å². The Kier molecular flexibility index (Phi) is 3.23. The molecule has 2 rings (SSSR count). The van der Waals surface area contributed by atoms with Gasteiger partial charge in [-0.25, -0.2) is 9.18 Å². The number of nitrogens with one attached hydrogen (secondary N) is 1. The number of rotatable bonds is 3. The van der Waals surface area contributed by atoms with E-state index in [0.717, 1.165) is 6.07 Å². The van der Waals surface area contributed by atoms with E-state index in [1.807, 2.05) is 0 Å². The van der Waals surface area contributed by atoms with E-state index in [4.69, 9.17) is 5.11 Å². The fourth-order valence-corrected chi connectivity index (χ4v) is 1.48. The first-order valence-electron chi connectivity index (χ1n) is 5.18. The van der Waals surface area contributed by atoms with E-state index < -0.39 is 23.3 Å². The van der Waals surface area contributed by atoms with E-state index in [2.05, 4.69) is 15.5 Å². The van der Waals surface area contributed by atoms with E-state index in [-0.39, 0.29) is 11.4 Å². The van der Waals surface area contributed by atoms with E-state index >= 15 is 0 Å². The molecule has 98 valence electrons. The average Bonchev–Trinajstić information content (AvgIpc) is 2.75. The molecule has 0 aliphatic rings. The molecule has 0 bridgehead atoms. The minimum Gasteiger partial charge on any atom is -0.478 e. The number of amides is 1. The van der Waals surface area contributed by atoms with Gasteiger partial charge in [0.15, 0.2) is 5.69 Å². The Morgan fingerprint density at radius 2 is 2.16 bits per heavy atom. The summed E-state index contributed by atoms with van der Waals surface area (Å²) in [4.78, 5) is 23.9. The predicted octanol–water partition coefficient (Wildman–Crippen LogP) is 0.905. The van der Waals surface area contributed by atoms with Crippen LogP contribution in [0.4, 0.5) is 10.1 Å². The molecule has 0 unspecified atom stereocenters. The summed E-state index contributed by atoms with van der Waals surface area (Å²) in [5.41, 5.74) is -0.731. The maximum atomic E-state index is 13.4. The minimum atomic E-state index is -1.47. The Morgan fingerprint density at radius 3 is 2.74 bits per heavy atom. The van der Waals surface area contributed by atoms with Crippen LogP contribution in [0.3, 0.4) is 0 Å². The first-order valence-corrected chi connectivity index (χ1v) is 5.18. The standard InChI is InChI=1S/C11H9FN4O3/c1-16-13-5-8(15-16)10(17)14-7-4-2-3-6(12)9(7)11(18)19/h2-5H,1H3,(H,14,17)(H,18,19). The quantitative estimate of drug-likeness (QED) is 0.858. The second-order valence-electron chi connectivity index (χ2n) is 3.64. The molecule has 1 aromatic carbocycles. The van der Waals surface area contributed by atoms with Crippen molar-refractivity contribution in [1.82, 2.24) is 15.0 Å². The largest absolute Gasteiger partial charge is 0.478 e. The van der Waals surface area contributed by atoms with Gasteiger partial charge in [-0.05, 0) is 12.1 Å². The van der Waals surface area contributed by atoms with Gasteiger partial charge >= 0.3 is 5.97 Å². The number of anilines is 1. The van der Waals surface area contributed by atoms with Crippen molar-refractivity contribution in [3.05, 3.63) is 41.5 Å². The number of aryl methyl sites for hydroxylation is 1. The fraction of sp³-hybridized carbons (Fsp3) is 0.0909. The Hall–Kier alpha value is -2.77. The molecule has 1 aromatic heterocycles. The van der Waals surface area contributed by atoms with Crippen LogP contribution in [0.25, 0.3) is 0 Å². The molecule has 0 fully saturated rings. The highest BCUT2D eigenvalue weighted by atomic mass is 19.1. The van der Waals surface area contributed by atoms with Crippen molar-refractivity contribution >= 4 is 17.6 Å². The Labute approximate surface area is 106 Å². The molecule has 19 heavy (non-hydrogen) atoms. The predicted molar refractivity (Wildman–Crippen MR) is 62.3 cm³/mol. The lowest BCUT2D eigenvalue weighted by atomic mass is 10.1. The molecular formula is C11H9FN4O3. The highest BCUT2D eigenvalue weighted by Gasteiger charge is 2.18. The Bertz CT molecular complexity index is 653. The monoisotopic (exact) mass is 264 g/mol. The number of carboxylic acids is 1. The van der Waals surface area contributed by atoms with Crippen molar-refractivity contribution in [3.63, 3.8) is 0 Å². The molecule has 1 amide bonds. The molecular weight excluding hydrogens is 255 g/mol. The highest BCUT2D eigenvalue weighted by molar-refractivity contribution is 6.06. The minimum absolute atomic E-state index is 0.00287. The maximum absolute atomic E-state index is 13.4. The molecule has 2 N–H and O–H groups in total. The second-order valence-corrected chi connectivity index (χ2v) is 3.64. The van der Waals surface area contributed by atoms with Crippen LogP contribution in [0, 0.1) is 5.82 Å². The second kappa shape index (κ2) is 4.84. The lowest BCUT2D eigenvalue weighted by molar-refractivity contribution is 0.0693. The number of hydrogen-bond donors (Lipinski definition) is 2. The lowest BCUT2D eigenvalue weighted by Gasteiger charge is -2.07. The van der Waals surface area contributed by atoms with E-state index in [1.54, 1.807) is 0 Å². The summed E-state index contributed by atoms with van der Waals surface area (Å²) in [6.07, 6.45) is 1.22. The first-order chi connectivity index (χ1) is 8.99. The summed E-state index contributed by atoms with van der Waals surface area (Å²) in [7, 11) is 1.53. The van der Waals surface area contributed by atoms with Crippen molar-refractivity contribution in [1.29, 1.82) is 0 Å². The number of carbonyl (C=O) groups is 2. The summed E-state index contributed by atoms with van der Waals surface area (Å²) in [6.45, 7) is 0. The molecule has 8 heteroatoms. The normalized spacial score (nSPS) is 10.2. The summed E-state index contributed by atoms with van der Waals surface area (Å²) in [6, 6.07) is 3.59. The Balaban J connectivity index is 2.31. The molecule has 0 radical (unpaired) electrons. The van der Waals surface area contributed by atoms with Gasteiger partial charge in [-0.3, -0.25) is 4.79 Å². The number of aromatic nitrogens is 3. The van der Waals surface area contributed by atoms with Gasteiger partial charge in [-0.15, -0.1) is 5.10 Å². The van der Waals surface area contributed by atoms with Crippen LogP contribution in [0.1, 0.15) is 20.8 Å². The third-order valence-electron chi connectivity index (χ3n) is 2.31. The number of hydrogen-bond acceptors (Lipinski definition) is 4. The Morgan fingerprint density at radius 1 is 1.42 bits per heavy atom. The molecule has 0 aliphatic heterocycles. The SMILES string of the molecule is Cn1ncc(C(=O)Nc2cccc(F)c2C(=O)O)n1. The highest BCUT2D eigenvalue weighted by Crippen LogP contribution is 2.19. The van der Waals surface area contributed by atoms with E-state index in [1.165, 1.54) is 30.2 Å². The number of nitrogens with zero attached hydrogens (tertiary/aromatic N) is 3. The van der Waals surface area contributed by atoms with Crippen LogP contribution in [0.2, 0.25) is 0 Å². The van der Waals surface area contributed by atoms with Gasteiger partial charge in [-0.2, -0.15) is 9.90 Å². The third-order valence-corrected chi connectivity index (χ3v) is 2.31. The molecule has 0 spiro atoms. The van der Waals surface area contributed by atoms with Crippen molar-refractivity contribution in [2.45, 2.75) is 0 Å². The molecule has 0 saturated heterocycles. The van der Waals surface area contributed by atoms with Crippen LogP contribution >= 0.6 is 0 Å². The molecule has 1 heterocycles. The topological polar surface area (TPSA) is 97.1 Å². The van der Waals surface area contributed by atoms with Gasteiger partial charge in [0.05, 0.1) is 11.9 Å². The van der Waals surface area contributed by atoms with E-state index in [0.29, 0.717) is 0 Å². The average molecular weight is 264 g/mol. The number of benzene rings is 1. The van der Waals surface area contributed by atoms with Gasteiger partial charge in [0.1, 0.15) is 11.4 Å². The first kappa shape index (κ1) is 12.7. The zero-order valence-electron chi connectivity index (χ0n) is 9.79. The van der Waals surface area contributed by atoms with Gasteiger partial charge in [0.25, 0.3) is 5.91 Å². The zero-order valence-corrected chi connectivity index (χ0v) is 9.79. The van der Waals surface area contributed by atoms with Crippen LogP contribution in [-0.2, 0) is 7.05 Å². The molecule has 0 atom stereocenters. The maximum Gasteiger partial charge on any atom is 0.340 e. The third kappa shape index (κ3) is 2.57. The van der Waals surface area contributed by atoms with Crippen LogP contribution in [0.5, 0.6) is 0 Å². The molecule has 2 aromatic rings. The number of carboxylic acid groups (broad SMARTS) is 1. The van der Waals surface area contributed by atoms with Crippen molar-refractivity contribution in [2.24, 2.45) is 7.05 Å².